The number of benzene rings is 4. The molecule has 2 N–H and O–H groups in total. The topological polar surface area (TPSA) is 57.8 Å². The minimum absolute atomic E-state index is 0.0427. The van der Waals surface area contributed by atoms with E-state index in [2.05, 4.69) is 34.6 Å². The smallest absolute Gasteiger partial charge is 0.232 e. The Morgan fingerprint density at radius 2 is 1.24 bits per heavy atom. The molecule has 0 saturated carbocycles. The van der Waals surface area contributed by atoms with Gasteiger partial charge in [0.05, 0.1) is 17.3 Å². The number of nitrogens with one attached hydrogen (secondary N) is 2. The van der Waals surface area contributed by atoms with Gasteiger partial charge in [-0.25, -0.2) is 4.98 Å². The van der Waals surface area contributed by atoms with Crippen molar-refractivity contribution in [3.63, 3.8) is 0 Å². The number of hydrogen-bond acceptors (Lipinski definition) is 3. The second-order valence-corrected chi connectivity index (χ2v) is 10.2. The average Bonchev–Trinajstić information content (AvgIpc) is 3.41. The summed E-state index contributed by atoms with van der Waals surface area (Å²) >= 11 is 1.72. The normalized spacial score (nSPS) is 11.0. The molecule has 190 valence electrons. The summed E-state index contributed by atoms with van der Waals surface area (Å²) in [4.78, 5) is 21.6. The maximum absolute atomic E-state index is 13.2. The summed E-state index contributed by atoms with van der Waals surface area (Å²) in [5.41, 5.74) is 6.25. The number of aromatic amines is 1. The van der Waals surface area contributed by atoms with E-state index in [-0.39, 0.29) is 11.8 Å². The van der Waals surface area contributed by atoms with Gasteiger partial charge in [0.25, 0.3) is 0 Å². The third-order valence-electron chi connectivity index (χ3n) is 6.43. The Morgan fingerprint density at radius 1 is 0.711 bits per heavy atom. The lowest BCUT2D eigenvalue weighted by molar-refractivity contribution is -0.121. The number of unbranched alkanes of at least 4 members (excludes halogenated alkanes) is 1. The molecule has 0 fully saturated rings. The van der Waals surface area contributed by atoms with E-state index in [9.17, 15) is 4.79 Å². The van der Waals surface area contributed by atoms with Gasteiger partial charge >= 0.3 is 0 Å². The Morgan fingerprint density at radius 3 is 1.82 bits per heavy atom. The van der Waals surface area contributed by atoms with Gasteiger partial charge < -0.3 is 10.3 Å². The summed E-state index contributed by atoms with van der Waals surface area (Å²) in [5, 5.41) is 4.08. The van der Waals surface area contributed by atoms with Crippen molar-refractivity contribution in [2.24, 2.45) is 0 Å². The van der Waals surface area contributed by atoms with E-state index in [1.807, 2.05) is 97.1 Å². The molecule has 38 heavy (non-hydrogen) atoms. The SMILES string of the molecule is O=C(NCCCCSc1nc(-c2ccccc2)c(-c2ccccc2)[nH]1)C(c1ccccc1)c1ccccc1. The standard InChI is InChI=1S/C33H31N3OS/c37-32(29(25-15-5-1-6-16-25)26-17-7-2-8-18-26)34-23-13-14-24-38-33-35-30(27-19-9-3-10-20-27)31(36-33)28-21-11-4-12-22-28/h1-12,15-22,29H,13-14,23-24H2,(H,34,37)(H,35,36). The molecule has 0 bridgehead atoms. The lowest BCUT2D eigenvalue weighted by Crippen LogP contribution is -2.30. The second-order valence-electron chi connectivity index (χ2n) is 9.10. The molecule has 5 aromatic rings. The third kappa shape index (κ3) is 6.42. The van der Waals surface area contributed by atoms with Crippen LogP contribution in [-0.2, 0) is 4.79 Å². The summed E-state index contributed by atoms with van der Waals surface area (Å²) in [6, 6.07) is 40.6. The van der Waals surface area contributed by atoms with Crippen LogP contribution >= 0.6 is 11.8 Å². The van der Waals surface area contributed by atoms with E-state index in [4.69, 9.17) is 4.98 Å². The van der Waals surface area contributed by atoms with Crippen LogP contribution in [-0.4, -0.2) is 28.2 Å². The Bertz CT molecular complexity index is 1320. The predicted octanol–water partition coefficient (Wildman–Crippen LogP) is 7.56. The molecule has 0 saturated heterocycles. The largest absolute Gasteiger partial charge is 0.355 e. The molecular weight excluding hydrogens is 486 g/mol. The van der Waals surface area contributed by atoms with E-state index >= 15 is 0 Å². The Balaban J connectivity index is 1.16. The number of carbonyl (C=O) groups is 1. The minimum atomic E-state index is -0.303. The van der Waals surface area contributed by atoms with E-state index in [1.54, 1.807) is 11.8 Å². The van der Waals surface area contributed by atoms with Gasteiger partial charge in [0.1, 0.15) is 0 Å². The molecular formula is C33H31N3OS. The number of imidazole rings is 1. The summed E-state index contributed by atoms with van der Waals surface area (Å²) < 4.78 is 0. The zero-order valence-electron chi connectivity index (χ0n) is 21.2. The molecule has 0 aliphatic rings. The first-order valence-corrected chi connectivity index (χ1v) is 14.0. The van der Waals surface area contributed by atoms with Gasteiger partial charge in [-0.05, 0) is 24.0 Å². The summed E-state index contributed by atoms with van der Waals surface area (Å²) in [5.74, 6) is 0.663. The highest BCUT2D eigenvalue weighted by Gasteiger charge is 2.22. The molecule has 4 aromatic carbocycles. The van der Waals surface area contributed by atoms with Gasteiger partial charge in [0, 0.05) is 23.4 Å². The first kappa shape index (κ1) is 25.6. The number of H-pyrrole nitrogens is 1. The van der Waals surface area contributed by atoms with Crippen LogP contribution in [0.4, 0.5) is 0 Å². The Labute approximate surface area is 228 Å². The van der Waals surface area contributed by atoms with Crippen LogP contribution in [0.15, 0.2) is 126 Å². The molecule has 0 radical (unpaired) electrons. The van der Waals surface area contributed by atoms with Gasteiger partial charge in [0.2, 0.25) is 5.91 Å². The highest BCUT2D eigenvalue weighted by Crippen LogP contribution is 2.32. The highest BCUT2D eigenvalue weighted by atomic mass is 32.2. The number of amides is 1. The van der Waals surface area contributed by atoms with Crippen molar-refractivity contribution < 1.29 is 4.79 Å². The third-order valence-corrected chi connectivity index (χ3v) is 7.39. The molecule has 1 heterocycles. The maximum Gasteiger partial charge on any atom is 0.232 e. The van der Waals surface area contributed by atoms with Crippen LogP contribution in [0.25, 0.3) is 22.5 Å². The van der Waals surface area contributed by atoms with Gasteiger partial charge in [0.15, 0.2) is 5.16 Å². The molecule has 0 unspecified atom stereocenters. The van der Waals surface area contributed by atoms with E-state index in [1.165, 1.54) is 0 Å². The maximum atomic E-state index is 13.2. The molecule has 4 nitrogen and oxygen atoms in total. The minimum Gasteiger partial charge on any atom is -0.355 e. The molecule has 0 spiro atoms. The van der Waals surface area contributed by atoms with Crippen molar-refractivity contribution in [2.75, 3.05) is 12.3 Å². The fourth-order valence-electron chi connectivity index (χ4n) is 4.53. The van der Waals surface area contributed by atoms with Crippen molar-refractivity contribution in [3.8, 4) is 22.5 Å². The van der Waals surface area contributed by atoms with Gasteiger partial charge in [-0.3, -0.25) is 4.79 Å². The summed E-state index contributed by atoms with van der Waals surface area (Å²) in [6.45, 7) is 0.651. The average molecular weight is 518 g/mol. The van der Waals surface area contributed by atoms with E-state index in [0.717, 1.165) is 57.4 Å². The molecule has 0 aliphatic carbocycles. The van der Waals surface area contributed by atoms with Crippen LogP contribution < -0.4 is 5.32 Å². The highest BCUT2D eigenvalue weighted by molar-refractivity contribution is 7.99. The fourth-order valence-corrected chi connectivity index (χ4v) is 5.41. The van der Waals surface area contributed by atoms with Crippen molar-refractivity contribution in [3.05, 3.63) is 132 Å². The van der Waals surface area contributed by atoms with Crippen molar-refractivity contribution in [1.82, 2.24) is 15.3 Å². The van der Waals surface area contributed by atoms with Crippen LogP contribution in [0.2, 0.25) is 0 Å². The molecule has 5 rings (SSSR count). The van der Waals surface area contributed by atoms with Crippen molar-refractivity contribution >= 4 is 17.7 Å². The molecule has 1 amide bonds. The lowest BCUT2D eigenvalue weighted by Gasteiger charge is -2.18. The molecule has 5 heteroatoms. The Hall–Kier alpha value is -4.09. The van der Waals surface area contributed by atoms with Crippen molar-refractivity contribution in [2.45, 2.75) is 23.9 Å². The van der Waals surface area contributed by atoms with E-state index < -0.39 is 0 Å². The molecule has 0 aliphatic heterocycles. The first-order valence-electron chi connectivity index (χ1n) is 13.0. The zero-order chi connectivity index (χ0) is 26.0. The number of hydrogen-bond donors (Lipinski definition) is 2. The van der Waals surface area contributed by atoms with Crippen LogP contribution in [0, 0.1) is 0 Å². The predicted molar refractivity (Wildman–Crippen MR) is 157 cm³/mol. The van der Waals surface area contributed by atoms with Crippen LogP contribution in [0.5, 0.6) is 0 Å². The lowest BCUT2D eigenvalue weighted by atomic mass is 9.90. The van der Waals surface area contributed by atoms with Crippen LogP contribution in [0.3, 0.4) is 0 Å². The number of thioether (sulfide) groups is 1. The zero-order valence-corrected chi connectivity index (χ0v) is 22.0. The summed E-state index contributed by atoms with van der Waals surface area (Å²) in [6.07, 6.45) is 1.89. The second kappa shape index (κ2) is 12.9. The van der Waals surface area contributed by atoms with Crippen molar-refractivity contribution in [1.29, 1.82) is 0 Å². The number of rotatable bonds is 11. The number of aromatic nitrogens is 2. The van der Waals surface area contributed by atoms with Gasteiger partial charge in [-0.15, -0.1) is 0 Å². The fraction of sp³-hybridized carbons (Fsp3) is 0.152. The van der Waals surface area contributed by atoms with Gasteiger partial charge in [-0.1, -0.05) is 133 Å². The quantitative estimate of drug-likeness (QED) is 0.140. The molecule has 0 atom stereocenters. The van der Waals surface area contributed by atoms with E-state index in [0.29, 0.717) is 6.54 Å². The summed E-state index contributed by atoms with van der Waals surface area (Å²) in [7, 11) is 0. The monoisotopic (exact) mass is 517 g/mol. The number of carbonyl (C=O) groups excluding carboxylic acids is 1. The van der Waals surface area contributed by atoms with Gasteiger partial charge in [-0.2, -0.15) is 0 Å². The molecule has 1 aromatic heterocycles. The first-order chi connectivity index (χ1) is 18.8. The van der Waals surface area contributed by atoms with Crippen LogP contribution in [0.1, 0.15) is 29.9 Å². The number of nitrogens with zero attached hydrogens (tertiary/aromatic N) is 1. The Kier molecular flexibility index (Phi) is 8.69.